The number of ether oxygens (including phenoxy) is 2. The highest BCUT2D eigenvalue weighted by Gasteiger charge is 2.30. The Labute approximate surface area is 169 Å². The van der Waals surface area contributed by atoms with Gasteiger partial charge in [0.25, 0.3) is 0 Å². The monoisotopic (exact) mass is 384 g/mol. The van der Waals surface area contributed by atoms with Gasteiger partial charge in [-0.2, -0.15) is 0 Å². The van der Waals surface area contributed by atoms with Crippen LogP contribution in [0.25, 0.3) is 6.08 Å². The second kappa shape index (κ2) is 7.76. The Balaban J connectivity index is 1.53. The van der Waals surface area contributed by atoms with Gasteiger partial charge in [-0.1, -0.05) is 60.2 Å². The van der Waals surface area contributed by atoms with Crippen LogP contribution in [-0.4, -0.2) is 18.2 Å². The zero-order chi connectivity index (χ0) is 20.4. The van der Waals surface area contributed by atoms with Crippen molar-refractivity contribution < 1.29 is 19.1 Å². The van der Waals surface area contributed by atoms with Gasteiger partial charge in [-0.15, -0.1) is 0 Å². The highest BCUT2D eigenvalue weighted by atomic mass is 16.5. The van der Waals surface area contributed by atoms with E-state index in [1.54, 1.807) is 30.3 Å². The second-order valence-electron chi connectivity index (χ2n) is 6.99. The average Bonchev–Trinajstić information content (AvgIpc) is 3.06. The molecule has 4 rings (SSSR count). The van der Waals surface area contributed by atoms with Crippen LogP contribution in [0.3, 0.4) is 0 Å². The Morgan fingerprint density at radius 2 is 1.69 bits per heavy atom. The molecule has 0 unspecified atom stereocenters. The van der Waals surface area contributed by atoms with Crippen molar-refractivity contribution in [3.8, 4) is 11.5 Å². The van der Waals surface area contributed by atoms with Crippen molar-refractivity contribution in [1.29, 1.82) is 0 Å². The number of aryl methyl sites for hydroxylation is 1. The topological polar surface area (TPSA) is 52.6 Å². The predicted molar refractivity (Wildman–Crippen MR) is 112 cm³/mol. The number of allylic oxidation sites excluding steroid dienone is 1. The molecule has 0 N–H and O–H groups in total. The van der Waals surface area contributed by atoms with E-state index in [-0.39, 0.29) is 23.9 Å². The molecule has 144 valence electrons. The Kier molecular flexibility index (Phi) is 5.00. The van der Waals surface area contributed by atoms with E-state index in [9.17, 15) is 9.59 Å². The summed E-state index contributed by atoms with van der Waals surface area (Å²) >= 11 is 0. The summed E-state index contributed by atoms with van der Waals surface area (Å²) in [5, 5.41) is 0. The minimum absolute atomic E-state index is 0.0797. The first kappa shape index (κ1) is 18.7. The van der Waals surface area contributed by atoms with Crippen molar-refractivity contribution >= 4 is 17.6 Å². The third-order valence-electron chi connectivity index (χ3n) is 4.87. The molecule has 0 aromatic heterocycles. The van der Waals surface area contributed by atoms with Crippen molar-refractivity contribution in [2.24, 2.45) is 0 Å². The molecule has 1 heterocycles. The van der Waals surface area contributed by atoms with Gasteiger partial charge in [0, 0.05) is 11.1 Å². The second-order valence-corrected chi connectivity index (χ2v) is 6.99. The molecule has 1 aliphatic heterocycles. The molecule has 0 aliphatic carbocycles. The highest BCUT2D eigenvalue weighted by Crippen LogP contribution is 2.39. The fourth-order valence-corrected chi connectivity index (χ4v) is 3.19. The number of hydrogen-bond donors (Lipinski definition) is 0. The number of rotatable bonds is 5. The molecule has 0 fully saturated rings. The standard InChI is InChI=1S/C25H20O4/c1-16-8-10-18(11-9-16)14-23-24(27)20-12-13-22(17(2)25(20)29-23)28-15-21(26)19-6-4-3-5-7-19/h3-14H,15H2,1-2H3/b23-14-. The van der Waals surface area contributed by atoms with Gasteiger partial charge in [-0.25, -0.2) is 0 Å². The van der Waals surface area contributed by atoms with Crippen LogP contribution < -0.4 is 9.47 Å². The Hall–Kier alpha value is -3.66. The Morgan fingerprint density at radius 3 is 2.41 bits per heavy atom. The van der Waals surface area contributed by atoms with E-state index in [0.717, 1.165) is 11.1 Å². The quantitative estimate of drug-likeness (QED) is 0.449. The summed E-state index contributed by atoms with van der Waals surface area (Å²) in [5.41, 5.74) is 3.85. The van der Waals surface area contributed by atoms with Gasteiger partial charge in [-0.3, -0.25) is 9.59 Å². The normalized spacial score (nSPS) is 13.9. The van der Waals surface area contributed by atoms with Crippen molar-refractivity contribution in [2.45, 2.75) is 13.8 Å². The predicted octanol–water partition coefficient (Wildman–Crippen LogP) is 5.18. The van der Waals surface area contributed by atoms with Gasteiger partial charge >= 0.3 is 0 Å². The number of Topliss-reactive ketones (excluding diaryl/α,β-unsaturated/α-hetero) is 2. The van der Waals surface area contributed by atoms with Gasteiger partial charge in [-0.05, 0) is 37.6 Å². The fraction of sp³-hybridized carbons (Fsp3) is 0.120. The molecule has 0 amide bonds. The summed E-state index contributed by atoms with van der Waals surface area (Å²) in [6, 6.07) is 20.3. The van der Waals surface area contributed by atoms with Gasteiger partial charge in [0.1, 0.15) is 11.5 Å². The molecule has 0 spiro atoms. The molecule has 4 heteroatoms. The number of carbonyl (C=O) groups is 2. The average molecular weight is 384 g/mol. The summed E-state index contributed by atoms with van der Waals surface area (Å²) in [6.07, 6.45) is 1.74. The fourth-order valence-electron chi connectivity index (χ4n) is 3.19. The van der Waals surface area contributed by atoms with Crippen LogP contribution in [0.2, 0.25) is 0 Å². The van der Waals surface area contributed by atoms with Crippen LogP contribution in [0.5, 0.6) is 11.5 Å². The maximum Gasteiger partial charge on any atom is 0.231 e. The first-order chi connectivity index (χ1) is 14.0. The first-order valence-corrected chi connectivity index (χ1v) is 9.38. The van der Waals surface area contributed by atoms with E-state index < -0.39 is 0 Å². The van der Waals surface area contributed by atoms with Gasteiger partial charge in [0.2, 0.25) is 5.78 Å². The first-order valence-electron chi connectivity index (χ1n) is 9.38. The van der Waals surface area contributed by atoms with Gasteiger partial charge < -0.3 is 9.47 Å². The number of ketones is 2. The minimum atomic E-state index is -0.157. The van der Waals surface area contributed by atoms with Crippen LogP contribution in [0.4, 0.5) is 0 Å². The number of benzene rings is 3. The SMILES string of the molecule is Cc1ccc(/C=C2\Oc3c(ccc(OCC(=O)c4ccccc4)c3C)C2=O)cc1. The van der Waals surface area contributed by atoms with Crippen LogP contribution in [-0.2, 0) is 0 Å². The summed E-state index contributed by atoms with van der Waals surface area (Å²) in [6.45, 7) is 3.75. The van der Waals surface area contributed by atoms with Gasteiger partial charge in [0.05, 0.1) is 5.56 Å². The van der Waals surface area contributed by atoms with E-state index in [2.05, 4.69) is 0 Å². The van der Waals surface area contributed by atoms with Crippen LogP contribution in [0.15, 0.2) is 72.5 Å². The highest BCUT2D eigenvalue weighted by molar-refractivity contribution is 6.15. The van der Waals surface area contributed by atoms with E-state index in [0.29, 0.717) is 28.2 Å². The lowest BCUT2D eigenvalue weighted by Crippen LogP contribution is -2.12. The van der Waals surface area contributed by atoms with E-state index in [4.69, 9.17) is 9.47 Å². The molecule has 0 atom stereocenters. The van der Waals surface area contributed by atoms with Crippen molar-refractivity contribution in [3.05, 3.63) is 100 Å². The lowest BCUT2D eigenvalue weighted by Gasteiger charge is -2.11. The summed E-state index contributed by atoms with van der Waals surface area (Å²) < 4.78 is 11.6. The smallest absolute Gasteiger partial charge is 0.231 e. The zero-order valence-electron chi connectivity index (χ0n) is 16.3. The summed E-state index contributed by atoms with van der Waals surface area (Å²) in [4.78, 5) is 25.0. The molecule has 1 aliphatic rings. The third kappa shape index (κ3) is 3.83. The molecule has 0 saturated carbocycles. The molecular weight excluding hydrogens is 364 g/mol. The number of hydrogen-bond acceptors (Lipinski definition) is 4. The summed E-state index contributed by atoms with van der Waals surface area (Å²) in [5.74, 6) is 1.03. The Morgan fingerprint density at radius 1 is 0.966 bits per heavy atom. The van der Waals surface area contributed by atoms with Crippen LogP contribution in [0.1, 0.15) is 37.4 Å². The molecule has 0 saturated heterocycles. The summed E-state index contributed by atoms with van der Waals surface area (Å²) in [7, 11) is 0. The van der Waals surface area contributed by atoms with Crippen molar-refractivity contribution in [3.63, 3.8) is 0 Å². The molecule has 0 bridgehead atoms. The minimum Gasteiger partial charge on any atom is -0.485 e. The molecule has 4 nitrogen and oxygen atoms in total. The van der Waals surface area contributed by atoms with E-state index in [1.165, 1.54) is 0 Å². The molecular formula is C25H20O4. The molecule has 0 radical (unpaired) electrons. The number of carbonyl (C=O) groups excluding carboxylic acids is 2. The Bertz CT molecular complexity index is 1110. The largest absolute Gasteiger partial charge is 0.485 e. The van der Waals surface area contributed by atoms with Crippen molar-refractivity contribution in [1.82, 2.24) is 0 Å². The maximum atomic E-state index is 12.7. The molecule has 3 aromatic rings. The van der Waals surface area contributed by atoms with E-state index >= 15 is 0 Å². The molecule has 3 aromatic carbocycles. The van der Waals surface area contributed by atoms with Gasteiger partial charge in [0.15, 0.2) is 18.1 Å². The van der Waals surface area contributed by atoms with Crippen LogP contribution >= 0.6 is 0 Å². The molecule has 29 heavy (non-hydrogen) atoms. The third-order valence-corrected chi connectivity index (χ3v) is 4.87. The van der Waals surface area contributed by atoms with Crippen LogP contribution in [0, 0.1) is 13.8 Å². The zero-order valence-corrected chi connectivity index (χ0v) is 16.3. The lowest BCUT2D eigenvalue weighted by atomic mass is 10.1. The lowest BCUT2D eigenvalue weighted by molar-refractivity contribution is 0.0920. The maximum absolute atomic E-state index is 12.7. The van der Waals surface area contributed by atoms with Crippen molar-refractivity contribution in [2.75, 3.05) is 6.61 Å². The number of fused-ring (bicyclic) bond motifs is 1. The van der Waals surface area contributed by atoms with E-state index in [1.807, 2.05) is 56.3 Å².